The number of hydrogen-bond acceptors (Lipinski definition) is 6. The lowest BCUT2D eigenvalue weighted by Crippen LogP contribution is -2.31. The van der Waals surface area contributed by atoms with Crippen LogP contribution >= 0.6 is 11.6 Å². The molecule has 0 bridgehead atoms. The topological polar surface area (TPSA) is 121 Å². The maximum absolute atomic E-state index is 11.9. The van der Waals surface area contributed by atoms with Crippen LogP contribution in [0.1, 0.15) is 64.7 Å². The van der Waals surface area contributed by atoms with Crippen molar-refractivity contribution in [2.75, 3.05) is 0 Å². The minimum Gasteiger partial charge on any atom is -0.508 e. The zero-order valence-corrected chi connectivity index (χ0v) is 24.1. The van der Waals surface area contributed by atoms with Gasteiger partial charge in [0.25, 0.3) is 0 Å². The number of hydrogen-bond donors (Lipinski definition) is 6. The van der Waals surface area contributed by atoms with Crippen molar-refractivity contribution in [3.8, 4) is 56.8 Å². The van der Waals surface area contributed by atoms with E-state index in [1.54, 1.807) is 12.1 Å². The maximum atomic E-state index is 11.9. The summed E-state index contributed by atoms with van der Waals surface area (Å²) >= 11 is 6.38. The van der Waals surface area contributed by atoms with Gasteiger partial charge < -0.3 is 30.6 Å². The van der Waals surface area contributed by atoms with Gasteiger partial charge in [0.15, 0.2) is 11.5 Å². The van der Waals surface area contributed by atoms with Crippen LogP contribution < -0.4 is 5.46 Å². The smallest absolute Gasteiger partial charge is 0.200 e. The van der Waals surface area contributed by atoms with E-state index in [2.05, 4.69) is 33.8 Å². The van der Waals surface area contributed by atoms with E-state index in [1.165, 1.54) is 0 Å². The molecule has 0 fully saturated rings. The van der Waals surface area contributed by atoms with Crippen molar-refractivity contribution < 1.29 is 30.6 Å². The summed E-state index contributed by atoms with van der Waals surface area (Å²) in [5, 5.41) is 66.4. The predicted molar refractivity (Wildman–Crippen MR) is 159 cm³/mol. The number of halogens is 1. The van der Waals surface area contributed by atoms with Crippen LogP contribution in [0.25, 0.3) is 27.8 Å². The average molecular weight is 559 g/mol. The molecule has 5 rings (SSSR count). The number of rotatable bonds is 2. The lowest BCUT2D eigenvalue weighted by atomic mass is 9.63. The predicted octanol–water partition coefficient (Wildman–Crippen LogP) is 6.74. The zero-order chi connectivity index (χ0) is 29.7. The first-order valence-corrected chi connectivity index (χ1v) is 13.4. The molecule has 6 N–H and O–H groups in total. The fraction of sp³-hybridized carbons (Fsp3) is 0.312. The summed E-state index contributed by atoms with van der Waals surface area (Å²) in [4.78, 5) is 0. The van der Waals surface area contributed by atoms with Gasteiger partial charge in [-0.1, -0.05) is 77.4 Å². The standard InChI is InChI=1S/C32H32BClO6/c1-30(2,3)32(6)11-9-14(10-12-32)18-22-19(16-8-7-15(34)13-17(16)31(22,4)5)25(36)20(24(18)35)21-26(37)23(33)28(39)29(40)27(21)38/h7-11,13,35-40H,12H2,1-6H3. The molecule has 2 radical (unpaired) electrons. The third-order valence-electron chi connectivity index (χ3n) is 9.06. The third kappa shape index (κ3) is 3.63. The Balaban J connectivity index is 1.93. The molecule has 1 atom stereocenters. The summed E-state index contributed by atoms with van der Waals surface area (Å²) in [6.07, 6.45) is 6.77. The monoisotopic (exact) mass is 558 g/mol. The number of phenolic OH excluding ortho intramolecular Hbond substituents is 6. The van der Waals surface area contributed by atoms with Gasteiger partial charge >= 0.3 is 0 Å². The molecule has 0 spiro atoms. The van der Waals surface area contributed by atoms with Crippen LogP contribution in [0.2, 0.25) is 5.02 Å². The van der Waals surface area contributed by atoms with Crippen molar-refractivity contribution in [1.29, 1.82) is 0 Å². The highest BCUT2D eigenvalue weighted by Crippen LogP contribution is 2.63. The Morgan fingerprint density at radius 3 is 1.95 bits per heavy atom. The molecular formula is C32H32BClO6. The van der Waals surface area contributed by atoms with Crippen LogP contribution in [0.4, 0.5) is 0 Å². The molecule has 2 aliphatic rings. The molecule has 2 aliphatic carbocycles. The highest BCUT2D eigenvalue weighted by Gasteiger charge is 2.44. The van der Waals surface area contributed by atoms with Gasteiger partial charge in [0.2, 0.25) is 5.75 Å². The van der Waals surface area contributed by atoms with Crippen molar-refractivity contribution in [2.24, 2.45) is 10.8 Å². The van der Waals surface area contributed by atoms with E-state index in [-0.39, 0.29) is 16.4 Å². The molecule has 0 aliphatic heterocycles. The second kappa shape index (κ2) is 8.65. The van der Waals surface area contributed by atoms with Gasteiger partial charge in [0.05, 0.1) is 11.1 Å². The molecule has 0 saturated carbocycles. The highest BCUT2D eigenvalue weighted by atomic mass is 35.5. The first-order valence-electron chi connectivity index (χ1n) is 13.0. The summed E-state index contributed by atoms with van der Waals surface area (Å²) in [6.45, 7) is 12.6. The van der Waals surface area contributed by atoms with Gasteiger partial charge in [0, 0.05) is 21.6 Å². The SMILES string of the molecule is [B]c1c(O)c(O)c(O)c(-c2c(O)c(C3=CCC(C)(C(C)(C)C)C=C3)c3c(c2O)-c2ccc(Cl)cc2C3(C)C)c1O. The van der Waals surface area contributed by atoms with Gasteiger partial charge in [-0.2, -0.15) is 0 Å². The summed E-state index contributed by atoms with van der Waals surface area (Å²) < 4.78 is 0. The number of fused-ring (bicyclic) bond motifs is 3. The van der Waals surface area contributed by atoms with E-state index >= 15 is 0 Å². The Kier molecular flexibility index (Phi) is 6.02. The minimum absolute atomic E-state index is 0.0411. The quantitative estimate of drug-likeness (QED) is 0.118. The molecule has 0 aromatic heterocycles. The molecule has 3 aromatic rings. The zero-order valence-electron chi connectivity index (χ0n) is 23.3. The van der Waals surface area contributed by atoms with Crippen molar-refractivity contribution in [3.63, 3.8) is 0 Å². The molecule has 1 unspecified atom stereocenters. The largest absolute Gasteiger partial charge is 0.508 e. The molecule has 0 saturated heterocycles. The number of phenols is 6. The van der Waals surface area contributed by atoms with Crippen LogP contribution in [0.3, 0.4) is 0 Å². The van der Waals surface area contributed by atoms with Gasteiger partial charge in [-0.3, -0.25) is 0 Å². The fourth-order valence-corrected chi connectivity index (χ4v) is 6.11. The molecule has 8 heteroatoms. The normalized spacial score (nSPS) is 19.3. The van der Waals surface area contributed by atoms with Crippen LogP contribution in [0.5, 0.6) is 34.5 Å². The number of aromatic hydroxyl groups is 6. The van der Waals surface area contributed by atoms with E-state index < -0.39 is 50.9 Å². The second-order valence-electron chi connectivity index (χ2n) is 12.6. The molecule has 0 amide bonds. The highest BCUT2D eigenvalue weighted by molar-refractivity contribution is 6.37. The molecule has 6 nitrogen and oxygen atoms in total. The lowest BCUT2D eigenvalue weighted by Gasteiger charge is -2.41. The van der Waals surface area contributed by atoms with Crippen LogP contribution in [0, 0.1) is 10.8 Å². The molecular weight excluding hydrogens is 527 g/mol. The molecule has 40 heavy (non-hydrogen) atoms. The van der Waals surface area contributed by atoms with Crippen molar-refractivity contribution in [1.82, 2.24) is 0 Å². The Morgan fingerprint density at radius 1 is 0.775 bits per heavy atom. The van der Waals surface area contributed by atoms with E-state index in [0.29, 0.717) is 39.3 Å². The van der Waals surface area contributed by atoms with E-state index in [4.69, 9.17) is 19.4 Å². The second-order valence-corrected chi connectivity index (χ2v) is 13.0. The molecule has 0 heterocycles. The summed E-state index contributed by atoms with van der Waals surface area (Å²) in [7, 11) is 5.82. The number of benzene rings is 3. The molecule has 3 aromatic carbocycles. The first-order chi connectivity index (χ1) is 18.4. The Labute approximate surface area is 239 Å². The van der Waals surface area contributed by atoms with E-state index in [9.17, 15) is 30.6 Å². The summed E-state index contributed by atoms with van der Waals surface area (Å²) in [5.41, 5.74) is 1.26. The first kappa shape index (κ1) is 27.8. The average Bonchev–Trinajstić information content (AvgIpc) is 3.10. The molecule has 206 valence electrons. The van der Waals surface area contributed by atoms with Gasteiger partial charge in [-0.25, -0.2) is 0 Å². The summed E-state index contributed by atoms with van der Waals surface area (Å²) in [6, 6.07) is 5.29. The fourth-order valence-electron chi connectivity index (χ4n) is 5.94. The van der Waals surface area contributed by atoms with Crippen LogP contribution in [0.15, 0.2) is 36.4 Å². The minimum atomic E-state index is -0.989. The Bertz CT molecular complexity index is 1650. The van der Waals surface area contributed by atoms with Gasteiger partial charge in [0.1, 0.15) is 25.1 Å². The van der Waals surface area contributed by atoms with Crippen molar-refractivity contribution >= 4 is 30.5 Å². The Hall–Kier alpha value is -3.71. The lowest BCUT2D eigenvalue weighted by molar-refractivity contribution is 0.171. The van der Waals surface area contributed by atoms with Crippen molar-refractivity contribution in [3.05, 3.63) is 58.1 Å². The third-order valence-corrected chi connectivity index (χ3v) is 9.29. The maximum Gasteiger partial charge on any atom is 0.200 e. The van der Waals surface area contributed by atoms with Gasteiger partial charge in [-0.15, -0.1) is 0 Å². The number of allylic oxidation sites excluding steroid dienone is 4. The van der Waals surface area contributed by atoms with E-state index in [0.717, 1.165) is 5.56 Å². The van der Waals surface area contributed by atoms with Crippen LogP contribution in [-0.2, 0) is 5.41 Å². The van der Waals surface area contributed by atoms with Crippen LogP contribution in [-0.4, -0.2) is 38.5 Å². The van der Waals surface area contributed by atoms with Gasteiger partial charge in [-0.05, 0) is 57.1 Å². The van der Waals surface area contributed by atoms with E-state index in [1.807, 2.05) is 32.1 Å². The van der Waals surface area contributed by atoms with Crippen molar-refractivity contribution in [2.45, 2.75) is 53.4 Å². The summed E-state index contributed by atoms with van der Waals surface area (Å²) in [5.74, 6) is -4.50. The Morgan fingerprint density at radius 2 is 1.38 bits per heavy atom.